The minimum absolute atomic E-state index is 0.684. The molecule has 0 aromatic carbocycles. The minimum atomic E-state index is 0.684. The Morgan fingerprint density at radius 1 is 1.70 bits per heavy atom. The molecular weight excluding hydrogens is 142 g/mol. The van der Waals surface area contributed by atoms with Crippen molar-refractivity contribution in [2.75, 3.05) is 11.5 Å². The molecule has 0 radical (unpaired) electrons. The second kappa shape index (κ2) is 6.70. The minimum Gasteiger partial charge on any atom is -0.198 e. The molecule has 0 unspecified atom stereocenters. The van der Waals surface area contributed by atoms with Crippen LogP contribution in [0, 0.1) is 11.3 Å². The van der Waals surface area contributed by atoms with Crippen molar-refractivity contribution in [3.63, 3.8) is 0 Å². The van der Waals surface area contributed by atoms with Gasteiger partial charge in [0.05, 0.1) is 6.07 Å². The zero-order valence-electron chi connectivity index (χ0n) is 6.39. The highest BCUT2D eigenvalue weighted by molar-refractivity contribution is 7.99. The number of hydrogen-bond acceptors (Lipinski definition) is 2. The first-order valence-electron chi connectivity index (χ1n) is 3.36. The van der Waals surface area contributed by atoms with E-state index in [0.717, 1.165) is 17.9 Å². The molecule has 0 bridgehead atoms. The van der Waals surface area contributed by atoms with Crippen molar-refractivity contribution in [1.29, 1.82) is 5.26 Å². The van der Waals surface area contributed by atoms with E-state index in [9.17, 15) is 0 Å². The molecule has 0 aliphatic rings. The average molecular weight is 155 g/mol. The van der Waals surface area contributed by atoms with Gasteiger partial charge in [-0.3, -0.25) is 0 Å². The molecule has 0 saturated carbocycles. The van der Waals surface area contributed by atoms with E-state index in [1.54, 1.807) is 0 Å². The number of nitrogens with zero attached hydrogens (tertiary/aromatic N) is 1. The van der Waals surface area contributed by atoms with E-state index in [1.807, 2.05) is 18.7 Å². The zero-order valence-corrected chi connectivity index (χ0v) is 7.21. The van der Waals surface area contributed by atoms with Gasteiger partial charge in [0, 0.05) is 12.2 Å². The van der Waals surface area contributed by atoms with Gasteiger partial charge in [0.1, 0.15) is 0 Å². The summed E-state index contributed by atoms with van der Waals surface area (Å²) in [5, 5.41) is 8.20. The second-order valence-electron chi connectivity index (χ2n) is 2.27. The van der Waals surface area contributed by atoms with Gasteiger partial charge in [0.15, 0.2) is 0 Å². The lowest BCUT2D eigenvalue weighted by atomic mass is 10.4. The highest BCUT2D eigenvalue weighted by atomic mass is 32.2. The summed E-state index contributed by atoms with van der Waals surface area (Å²) in [6.07, 6.45) is 1.69. The third-order valence-electron chi connectivity index (χ3n) is 0.926. The van der Waals surface area contributed by atoms with Crippen LogP contribution in [0.4, 0.5) is 0 Å². The molecule has 56 valence electrons. The van der Waals surface area contributed by atoms with Gasteiger partial charge in [0.2, 0.25) is 0 Å². The molecule has 0 aromatic heterocycles. The highest BCUT2D eigenvalue weighted by Gasteiger charge is 1.88. The van der Waals surface area contributed by atoms with Crippen LogP contribution in [0.5, 0.6) is 0 Å². The summed E-state index contributed by atoms with van der Waals surface area (Å²) in [4.78, 5) is 0. The van der Waals surface area contributed by atoms with E-state index in [1.165, 1.54) is 5.57 Å². The van der Waals surface area contributed by atoms with Crippen LogP contribution < -0.4 is 0 Å². The average Bonchev–Trinajstić information content (AvgIpc) is 1.87. The lowest BCUT2D eigenvalue weighted by molar-refractivity contribution is 0.982. The maximum atomic E-state index is 8.20. The monoisotopic (exact) mass is 155 g/mol. The van der Waals surface area contributed by atoms with Crippen molar-refractivity contribution >= 4 is 11.8 Å². The van der Waals surface area contributed by atoms with E-state index in [2.05, 4.69) is 12.6 Å². The first kappa shape index (κ1) is 9.58. The van der Waals surface area contributed by atoms with Gasteiger partial charge < -0.3 is 0 Å². The number of unbranched alkanes of at least 4 members (excludes halogenated alkanes) is 1. The zero-order chi connectivity index (χ0) is 7.82. The molecule has 0 spiro atoms. The van der Waals surface area contributed by atoms with Gasteiger partial charge in [-0.25, -0.2) is 0 Å². The Balaban J connectivity index is 2.92. The predicted octanol–water partition coefficient (Wildman–Crippen LogP) is 2.60. The molecule has 0 heterocycles. The van der Waals surface area contributed by atoms with Crippen LogP contribution in [0.25, 0.3) is 0 Å². The molecular formula is C8H13NS. The third kappa shape index (κ3) is 7.58. The lowest BCUT2D eigenvalue weighted by Crippen LogP contribution is -1.82. The molecule has 0 aliphatic heterocycles. The molecule has 0 rings (SSSR count). The van der Waals surface area contributed by atoms with E-state index >= 15 is 0 Å². The van der Waals surface area contributed by atoms with E-state index in [0.29, 0.717) is 6.42 Å². The molecule has 0 aromatic rings. The summed E-state index contributed by atoms with van der Waals surface area (Å²) in [7, 11) is 0. The van der Waals surface area contributed by atoms with Crippen LogP contribution in [0.3, 0.4) is 0 Å². The lowest BCUT2D eigenvalue weighted by Gasteiger charge is -1.96. The standard InChI is InChI=1S/C8H13NS/c1-8(2)7-10-6-4-3-5-9/h1,3-4,6-7H2,2H3. The predicted molar refractivity (Wildman–Crippen MR) is 47.0 cm³/mol. The topological polar surface area (TPSA) is 23.8 Å². The van der Waals surface area contributed by atoms with Crippen LogP contribution >= 0.6 is 11.8 Å². The summed E-state index contributed by atoms with van der Waals surface area (Å²) in [6, 6.07) is 2.12. The van der Waals surface area contributed by atoms with Gasteiger partial charge in [0.25, 0.3) is 0 Å². The summed E-state index contributed by atoms with van der Waals surface area (Å²) in [6.45, 7) is 5.81. The largest absolute Gasteiger partial charge is 0.198 e. The first-order chi connectivity index (χ1) is 4.77. The molecule has 0 aliphatic carbocycles. The molecule has 0 atom stereocenters. The quantitative estimate of drug-likeness (QED) is 0.450. The molecule has 0 saturated heterocycles. The fraction of sp³-hybridized carbons (Fsp3) is 0.625. The Hall–Kier alpha value is -0.420. The third-order valence-corrected chi connectivity index (χ3v) is 2.20. The summed E-state index contributed by atoms with van der Waals surface area (Å²) >= 11 is 1.85. The first-order valence-corrected chi connectivity index (χ1v) is 4.52. The van der Waals surface area contributed by atoms with Crippen molar-refractivity contribution in [3.8, 4) is 6.07 Å². The second-order valence-corrected chi connectivity index (χ2v) is 3.38. The van der Waals surface area contributed by atoms with Crippen molar-refractivity contribution in [2.24, 2.45) is 0 Å². The van der Waals surface area contributed by atoms with Gasteiger partial charge in [-0.05, 0) is 19.1 Å². The molecule has 0 N–H and O–H groups in total. The van der Waals surface area contributed by atoms with Gasteiger partial charge in [-0.15, -0.1) is 0 Å². The van der Waals surface area contributed by atoms with Crippen molar-refractivity contribution < 1.29 is 0 Å². The Labute approximate surface area is 67.1 Å². The summed E-state index contributed by atoms with van der Waals surface area (Å²) in [5.41, 5.74) is 1.21. The van der Waals surface area contributed by atoms with Gasteiger partial charge in [-0.2, -0.15) is 17.0 Å². The fourth-order valence-corrected chi connectivity index (χ4v) is 1.34. The molecule has 0 amide bonds. The Kier molecular flexibility index (Phi) is 6.42. The van der Waals surface area contributed by atoms with Crippen LogP contribution in [0.1, 0.15) is 19.8 Å². The number of nitriles is 1. The van der Waals surface area contributed by atoms with E-state index < -0.39 is 0 Å². The summed E-state index contributed by atoms with van der Waals surface area (Å²) < 4.78 is 0. The molecule has 10 heavy (non-hydrogen) atoms. The summed E-state index contributed by atoms with van der Waals surface area (Å²) in [5.74, 6) is 2.12. The fourth-order valence-electron chi connectivity index (χ4n) is 0.500. The number of thioether (sulfide) groups is 1. The van der Waals surface area contributed by atoms with Crippen LogP contribution in [0.15, 0.2) is 12.2 Å². The van der Waals surface area contributed by atoms with Crippen molar-refractivity contribution in [1.82, 2.24) is 0 Å². The maximum Gasteiger partial charge on any atom is 0.0622 e. The Bertz CT molecular complexity index is 135. The Morgan fingerprint density at radius 2 is 2.40 bits per heavy atom. The smallest absolute Gasteiger partial charge is 0.0622 e. The van der Waals surface area contributed by atoms with Crippen molar-refractivity contribution in [3.05, 3.63) is 12.2 Å². The maximum absolute atomic E-state index is 8.20. The van der Waals surface area contributed by atoms with E-state index in [-0.39, 0.29) is 0 Å². The highest BCUT2D eigenvalue weighted by Crippen LogP contribution is 2.07. The van der Waals surface area contributed by atoms with Crippen molar-refractivity contribution in [2.45, 2.75) is 19.8 Å². The normalized spacial score (nSPS) is 8.80. The molecule has 1 nitrogen and oxygen atoms in total. The van der Waals surface area contributed by atoms with Crippen LogP contribution in [-0.2, 0) is 0 Å². The van der Waals surface area contributed by atoms with E-state index in [4.69, 9.17) is 5.26 Å². The number of rotatable bonds is 5. The van der Waals surface area contributed by atoms with Gasteiger partial charge >= 0.3 is 0 Å². The van der Waals surface area contributed by atoms with Crippen LogP contribution in [0.2, 0.25) is 0 Å². The SMILES string of the molecule is C=C(C)CSCCCC#N. The van der Waals surface area contributed by atoms with Crippen LogP contribution in [-0.4, -0.2) is 11.5 Å². The number of hydrogen-bond donors (Lipinski definition) is 0. The Morgan fingerprint density at radius 3 is 2.90 bits per heavy atom. The molecule has 0 fully saturated rings. The van der Waals surface area contributed by atoms with Gasteiger partial charge in [-0.1, -0.05) is 12.2 Å². The molecule has 2 heteroatoms.